The molecule has 0 saturated carbocycles. The first-order valence-electron chi connectivity index (χ1n) is 8.10. The van der Waals surface area contributed by atoms with Gasteiger partial charge in [0, 0.05) is 18.3 Å². The molecule has 2 amide bonds. The Morgan fingerprint density at radius 2 is 2.04 bits per heavy atom. The molecule has 0 unspecified atom stereocenters. The van der Waals surface area contributed by atoms with Crippen molar-refractivity contribution in [2.45, 2.75) is 26.2 Å². The van der Waals surface area contributed by atoms with Crippen LogP contribution in [-0.4, -0.2) is 35.1 Å². The van der Waals surface area contributed by atoms with Crippen LogP contribution >= 0.6 is 43.2 Å². The van der Waals surface area contributed by atoms with Crippen molar-refractivity contribution in [3.05, 3.63) is 41.3 Å². The van der Waals surface area contributed by atoms with E-state index in [4.69, 9.17) is 4.74 Å². The van der Waals surface area contributed by atoms with Gasteiger partial charge in [-0.05, 0) is 64.1 Å². The smallest absolute Gasteiger partial charge is 0.340 e. The third kappa shape index (κ3) is 7.43. The van der Waals surface area contributed by atoms with E-state index in [1.807, 2.05) is 0 Å². The predicted molar refractivity (Wildman–Crippen MR) is 110 cm³/mol. The van der Waals surface area contributed by atoms with Gasteiger partial charge in [0.05, 0.1) is 19.7 Å². The van der Waals surface area contributed by atoms with Gasteiger partial charge in [0.1, 0.15) is 0 Å². The third-order valence-electron chi connectivity index (χ3n) is 3.32. The number of ether oxygens (including phenoxy) is 1. The zero-order valence-corrected chi connectivity index (χ0v) is 18.4. The molecule has 0 fully saturated rings. The van der Waals surface area contributed by atoms with Gasteiger partial charge in [-0.2, -0.15) is 0 Å². The molecule has 146 valence electrons. The fourth-order valence-electron chi connectivity index (χ4n) is 2.12. The van der Waals surface area contributed by atoms with Gasteiger partial charge >= 0.3 is 12.0 Å². The number of hydrogen-bond donors (Lipinski definition) is 3. The summed E-state index contributed by atoms with van der Waals surface area (Å²) in [7, 11) is 0. The van der Waals surface area contributed by atoms with E-state index < -0.39 is 6.03 Å². The number of rotatable bonds is 8. The standard InChI is InChI=1S/C16H18Br2N4O4S/c1-9-7-12(23)21-15(20-9)22-16(25)19-5-3-2-4-6-26-14(24)10-8-11(17)27-13(10)18/h7-8H,2-6H2,1H3,(H3,19,20,21,22,23,25). The zero-order chi connectivity index (χ0) is 19.8. The Balaban J connectivity index is 1.58. The molecule has 0 radical (unpaired) electrons. The molecule has 0 aliphatic carbocycles. The number of nitrogens with zero attached hydrogens (tertiary/aromatic N) is 1. The van der Waals surface area contributed by atoms with E-state index in [0.717, 1.165) is 20.4 Å². The van der Waals surface area contributed by atoms with Gasteiger partial charge in [0.2, 0.25) is 5.95 Å². The number of hydrogen-bond acceptors (Lipinski definition) is 6. The average molecular weight is 522 g/mol. The lowest BCUT2D eigenvalue weighted by Gasteiger charge is -2.07. The zero-order valence-electron chi connectivity index (χ0n) is 14.4. The minimum absolute atomic E-state index is 0.107. The van der Waals surface area contributed by atoms with E-state index in [1.165, 1.54) is 17.4 Å². The minimum Gasteiger partial charge on any atom is -0.462 e. The van der Waals surface area contributed by atoms with Crippen molar-refractivity contribution in [2.75, 3.05) is 18.5 Å². The topological polar surface area (TPSA) is 113 Å². The second-order valence-corrected chi connectivity index (χ2v) is 9.30. The molecule has 0 saturated heterocycles. The second kappa shape index (κ2) is 10.6. The molecule has 3 N–H and O–H groups in total. The molecule has 0 aromatic carbocycles. The molecule has 2 rings (SSSR count). The summed E-state index contributed by atoms with van der Waals surface area (Å²) in [5, 5.41) is 5.15. The molecule has 2 aromatic rings. The summed E-state index contributed by atoms with van der Waals surface area (Å²) in [5.74, 6) is -0.253. The van der Waals surface area contributed by atoms with Crippen LogP contribution in [0.1, 0.15) is 35.3 Å². The molecule has 0 aliphatic rings. The van der Waals surface area contributed by atoms with Gasteiger partial charge in [-0.3, -0.25) is 15.1 Å². The molecule has 2 heterocycles. The van der Waals surface area contributed by atoms with Crippen LogP contribution in [0.3, 0.4) is 0 Å². The summed E-state index contributed by atoms with van der Waals surface area (Å²) in [5.41, 5.74) is 0.702. The van der Waals surface area contributed by atoms with Crippen LogP contribution < -0.4 is 16.2 Å². The van der Waals surface area contributed by atoms with Crippen molar-refractivity contribution in [1.29, 1.82) is 0 Å². The number of anilines is 1. The summed E-state index contributed by atoms with van der Waals surface area (Å²) in [6, 6.07) is 2.62. The SMILES string of the molecule is Cc1cc(=O)[nH]c(NC(=O)NCCCCCOC(=O)c2cc(Br)sc2Br)n1. The van der Waals surface area contributed by atoms with E-state index in [0.29, 0.717) is 30.8 Å². The highest BCUT2D eigenvalue weighted by molar-refractivity contribution is 9.12. The molecular weight excluding hydrogens is 504 g/mol. The predicted octanol–water partition coefficient (Wildman–Crippen LogP) is 3.81. The molecular formula is C16H18Br2N4O4S. The van der Waals surface area contributed by atoms with Crippen molar-refractivity contribution in [1.82, 2.24) is 15.3 Å². The monoisotopic (exact) mass is 520 g/mol. The number of halogens is 2. The first-order chi connectivity index (χ1) is 12.8. The van der Waals surface area contributed by atoms with Crippen molar-refractivity contribution in [2.24, 2.45) is 0 Å². The van der Waals surface area contributed by atoms with E-state index in [9.17, 15) is 14.4 Å². The number of esters is 1. The van der Waals surface area contributed by atoms with Gasteiger partial charge in [0.25, 0.3) is 5.56 Å². The van der Waals surface area contributed by atoms with Crippen molar-refractivity contribution < 1.29 is 14.3 Å². The number of aromatic nitrogens is 2. The van der Waals surface area contributed by atoms with E-state index in [-0.39, 0.29) is 17.5 Å². The maximum atomic E-state index is 11.9. The molecule has 11 heteroatoms. The summed E-state index contributed by atoms with van der Waals surface area (Å²) >= 11 is 8.06. The molecule has 8 nitrogen and oxygen atoms in total. The van der Waals surface area contributed by atoms with Crippen molar-refractivity contribution >= 4 is 61.1 Å². The Morgan fingerprint density at radius 1 is 1.26 bits per heavy atom. The Labute approximate surface area is 176 Å². The fraction of sp³-hybridized carbons (Fsp3) is 0.375. The van der Waals surface area contributed by atoms with Crippen LogP contribution in [0.25, 0.3) is 0 Å². The lowest BCUT2D eigenvalue weighted by molar-refractivity contribution is 0.0497. The van der Waals surface area contributed by atoms with Gasteiger partial charge in [-0.25, -0.2) is 14.6 Å². The Morgan fingerprint density at radius 3 is 2.70 bits per heavy atom. The highest BCUT2D eigenvalue weighted by atomic mass is 79.9. The van der Waals surface area contributed by atoms with Crippen LogP contribution in [0.2, 0.25) is 0 Å². The molecule has 2 aromatic heterocycles. The van der Waals surface area contributed by atoms with Crippen LogP contribution in [-0.2, 0) is 4.74 Å². The third-order valence-corrected chi connectivity index (χ3v) is 5.66. The molecule has 0 spiro atoms. The van der Waals surface area contributed by atoms with Crippen LogP contribution in [0.15, 0.2) is 24.5 Å². The van der Waals surface area contributed by atoms with Crippen LogP contribution in [0.4, 0.5) is 10.7 Å². The second-order valence-electron chi connectivity index (χ2n) is 5.55. The number of aryl methyl sites for hydroxylation is 1. The molecule has 0 atom stereocenters. The lowest BCUT2D eigenvalue weighted by Crippen LogP contribution is -2.31. The van der Waals surface area contributed by atoms with Gasteiger partial charge in [-0.1, -0.05) is 0 Å². The minimum atomic E-state index is -0.442. The number of urea groups is 1. The normalized spacial score (nSPS) is 10.5. The fourth-order valence-corrected chi connectivity index (χ4v) is 4.88. The molecule has 0 bridgehead atoms. The summed E-state index contributed by atoms with van der Waals surface area (Å²) in [6.07, 6.45) is 2.22. The number of carbonyl (C=O) groups is 2. The van der Waals surface area contributed by atoms with Crippen LogP contribution in [0, 0.1) is 6.92 Å². The first-order valence-corrected chi connectivity index (χ1v) is 10.5. The summed E-state index contributed by atoms with van der Waals surface area (Å²) in [6.45, 7) is 2.44. The highest BCUT2D eigenvalue weighted by Gasteiger charge is 2.14. The first kappa shape index (κ1) is 21.6. The maximum absolute atomic E-state index is 11.9. The van der Waals surface area contributed by atoms with E-state index >= 15 is 0 Å². The lowest BCUT2D eigenvalue weighted by atomic mass is 10.2. The largest absolute Gasteiger partial charge is 0.462 e. The number of unbranched alkanes of at least 4 members (excludes halogenated alkanes) is 2. The van der Waals surface area contributed by atoms with E-state index in [1.54, 1.807) is 13.0 Å². The Hall–Kier alpha value is -1.72. The number of thiophene rings is 1. The summed E-state index contributed by atoms with van der Waals surface area (Å²) in [4.78, 5) is 41.4. The number of nitrogens with one attached hydrogen (secondary N) is 3. The summed E-state index contributed by atoms with van der Waals surface area (Å²) < 4.78 is 6.82. The highest BCUT2D eigenvalue weighted by Crippen LogP contribution is 2.32. The Kier molecular flexibility index (Phi) is 8.45. The molecule has 27 heavy (non-hydrogen) atoms. The number of carbonyl (C=O) groups excluding carboxylic acids is 2. The van der Waals surface area contributed by atoms with Crippen LogP contribution in [0.5, 0.6) is 0 Å². The number of H-pyrrole nitrogens is 1. The average Bonchev–Trinajstić information content (AvgIpc) is 2.91. The van der Waals surface area contributed by atoms with Crippen molar-refractivity contribution in [3.63, 3.8) is 0 Å². The van der Waals surface area contributed by atoms with Gasteiger partial charge in [0.15, 0.2) is 0 Å². The van der Waals surface area contributed by atoms with Crippen molar-refractivity contribution in [3.8, 4) is 0 Å². The molecule has 0 aliphatic heterocycles. The van der Waals surface area contributed by atoms with E-state index in [2.05, 4.69) is 52.5 Å². The van der Waals surface area contributed by atoms with Gasteiger partial charge in [-0.15, -0.1) is 11.3 Å². The quantitative estimate of drug-likeness (QED) is 0.361. The number of amides is 2. The Bertz CT molecular complexity index is 868. The number of aromatic amines is 1. The maximum Gasteiger partial charge on any atom is 0.340 e. The van der Waals surface area contributed by atoms with Gasteiger partial charge < -0.3 is 10.1 Å².